The molecule has 0 amide bonds. The number of imidazole rings is 1. The van der Waals surface area contributed by atoms with Crippen LogP contribution in [0, 0.1) is 0 Å². The molecule has 1 saturated heterocycles. The summed E-state index contributed by atoms with van der Waals surface area (Å²) >= 11 is 3.61. The lowest BCUT2D eigenvalue weighted by Gasteiger charge is -2.25. The molecule has 1 spiro atoms. The number of aromatic amines is 1. The van der Waals surface area contributed by atoms with Crippen LogP contribution in [0.2, 0.25) is 0 Å². The van der Waals surface area contributed by atoms with Gasteiger partial charge in [-0.25, -0.2) is 4.98 Å². The van der Waals surface area contributed by atoms with E-state index in [4.69, 9.17) is 5.73 Å². The van der Waals surface area contributed by atoms with Crippen LogP contribution in [0.4, 0.5) is 17.5 Å². The molecule has 3 N–H and O–H groups in total. The molecule has 0 radical (unpaired) electrons. The number of hydrogen-bond donors (Lipinski definition) is 2. The maximum absolute atomic E-state index is 5.95. The Balaban J connectivity index is 1.73. The molecule has 1 aromatic carbocycles. The number of hydrogen-bond acceptors (Lipinski definition) is 6. The zero-order valence-electron chi connectivity index (χ0n) is 13.8. The van der Waals surface area contributed by atoms with Gasteiger partial charge in [0, 0.05) is 28.7 Å². The molecular weight excluding hydrogens is 382 g/mol. The number of nitrogens with two attached hydrogens (primary N) is 1. The highest BCUT2D eigenvalue weighted by Crippen LogP contribution is 2.49. The molecule has 2 aliphatic heterocycles. The van der Waals surface area contributed by atoms with Gasteiger partial charge < -0.3 is 20.5 Å². The smallest absolute Gasteiger partial charge is 0.224 e. The van der Waals surface area contributed by atoms with E-state index in [1.807, 2.05) is 0 Å². The van der Waals surface area contributed by atoms with Crippen molar-refractivity contribution in [3.63, 3.8) is 0 Å². The molecule has 3 aromatic rings. The van der Waals surface area contributed by atoms with E-state index < -0.39 is 0 Å². The third kappa shape index (κ3) is 2.17. The van der Waals surface area contributed by atoms with Crippen molar-refractivity contribution in [2.45, 2.75) is 11.8 Å². The first-order valence-electron chi connectivity index (χ1n) is 8.28. The quantitative estimate of drug-likeness (QED) is 0.653. The Morgan fingerprint density at radius 1 is 1.28 bits per heavy atom. The summed E-state index contributed by atoms with van der Waals surface area (Å²) in [5, 5.41) is 0. The highest BCUT2D eigenvalue weighted by Gasteiger charge is 2.47. The number of fused-ring (bicyclic) bond motifs is 3. The second-order valence-electron chi connectivity index (χ2n) is 7.02. The largest absolute Gasteiger partial charge is 0.368 e. The number of nitrogens with one attached hydrogen (secondary N) is 1. The number of H-pyrrole nitrogens is 1. The summed E-state index contributed by atoms with van der Waals surface area (Å²) in [6, 6.07) is 6.53. The van der Waals surface area contributed by atoms with Crippen LogP contribution in [0.1, 0.15) is 12.0 Å². The van der Waals surface area contributed by atoms with E-state index in [9.17, 15) is 0 Å². The summed E-state index contributed by atoms with van der Waals surface area (Å²) in [6.45, 7) is 3.02. The normalized spacial score (nSPS) is 23.0. The SMILES string of the molecule is CN1CCC2(C1)CN(c1nc(N)nc3[nH]cnc13)c1cc(Br)ccc12. The van der Waals surface area contributed by atoms with Crippen LogP contribution in [0.5, 0.6) is 0 Å². The van der Waals surface area contributed by atoms with Crippen molar-refractivity contribution >= 4 is 44.5 Å². The van der Waals surface area contributed by atoms with Gasteiger partial charge in [0.1, 0.15) is 0 Å². The Morgan fingerprint density at radius 3 is 2.96 bits per heavy atom. The van der Waals surface area contributed by atoms with E-state index in [2.05, 4.69) is 70.9 Å². The van der Waals surface area contributed by atoms with Crippen LogP contribution < -0.4 is 10.6 Å². The molecule has 25 heavy (non-hydrogen) atoms. The number of nitrogen functional groups attached to an aromatic ring is 1. The van der Waals surface area contributed by atoms with Gasteiger partial charge in [-0.05, 0) is 37.7 Å². The molecule has 1 fully saturated rings. The fourth-order valence-corrected chi connectivity index (χ4v) is 4.64. The van der Waals surface area contributed by atoms with Gasteiger partial charge in [0.2, 0.25) is 5.95 Å². The van der Waals surface area contributed by atoms with Gasteiger partial charge in [0.05, 0.1) is 6.33 Å². The van der Waals surface area contributed by atoms with Gasteiger partial charge in [-0.1, -0.05) is 22.0 Å². The predicted octanol–water partition coefficient (Wildman–Crippen LogP) is 2.42. The molecule has 128 valence electrons. The molecule has 7 nitrogen and oxygen atoms in total. The number of likely N-dealkylation sites (N-methyl/N-ethyl adjacent to an activating group) is 1. The maximum Gasteiger partial charge on any atom is 0.224 e. The summed E-state index contributed by atoms with van der Waals surface area (Å²) in [6.07, 6.45) is 2.78. The van der Waals surface area contributed by atoms with Crippen LogP contribution >= 0.6 is 15.9 Å². The predicted molar refractivity (Wildman–Crippen MR) is 101 cm³/mol. The van der Waals surface area contributed by atoms with Crippen molar-refractivity contribution in [2.75, 3.05) is 37.3 Å². The zero-order valence-corrected chi connectivity index (χ0v) is 15.4. The summed E-state index contributed by atoms with van der Waals surface area (Å²) in [5.74, 6) is 1.03. The Morgan fingerprint density at radius 2 is 2.16 bits per heavy atom. The number of likely N-dealkylation sites (tertiary alicyclic amines) is 1. The number of anilines is 3. The molecule has 0 aliphatic carbocycles. The Bertz CT molecular complexity index is 984. The van der Waals surface area contributed by atoms with Crippen molar-refractivity contribution in [3.8, 4) is 0 Å². The van der Waals surface area contributed by atoms with Crippen molar-refractivity contribution in [2.24, 2.45) is 0 Å². The second-order valence-corrected chi connectivity index (χ2v) is 7.94. The van der Waals surface area contributed by atoms with Crippen molar-refractivity contribution < 1.29 is 0 Å². The summed E-state index contributed by atoms with van der Waals surface area (Å²) < 4.78 is 1.06. The highest BCUT2D eigenvalue weighted by atomic mass is 79.9. The minimum absolute atomic E-state index is 0.118. The fraction of sp³-hybridized carbons (Fsp3) is 0.353. The molecule has 2 aromatic heterocycles. The second kappa shape index (κ2) is 5.15. The lowest BCUT2D eigenvalue weighted by Crippen LogP contribution is -2.34. The van der Waals surface area contributed by atoms with Gasteiger partial charge in [-0.3, -0.25) is 0 Å². The first-order valence-corrected chi connectivity index (χ1v) is 9.08. The first kappa shape index (κ1) is 15.1. The number of benzene rings is 1. The monoisotopic (exact) mass is 399 g/mol. The van der Waals surface area contributed by atoms with Crippen LogP contribution in [0.25, 0.3) is 11.2 Å². The summed E-state index contributed by atoms with van der Waals surface area (Å²) in [7, 11) is 2.19. The molecule has 0 saturated carbocycles. The van der Waals surface area contributed by atoms with Crippen LogP contribution in [0.15, 0.2) is 29.0 Å². The van der Waals surface area contributed by atoms with E-state index in [0.29, 0.717) is 5.65 Å². The molecule has 4 heterocycles. The van der Waals surface area contributed by atoms with Crippen LogP contribution in [-0.2, 0) is 5.41 Å². The van der Waals surface area contributed by atoms with Crippen molar-refractivity contribution in [1.29, 1.82) is 0 Å². The average Bonchev–Trinajstić information content (AvgIpc) is 3.25. The third-order valence-corrected chi connectivity index (χ3v) is 5.85. The Hall–Kier alpha value is -2.19. The Kier molecular flexibility index (Phi) is 3.11. The van der Waals surface area contributed by atoms with Gasteiger partial charge >= 0.3 is 0 Å². The highest BCUT2D eigenvalue weighted by molar-refractivity contribution is 9.10. The average molecular weight is 400 g/mol. The number of halogens is 1. The van der Waals surface area contributed by atoms with Crippen LogP contribution in [0.3, 0.4) is 0 Å². The molecule has 8 heteroatoms. The minimum Gasteiger partial charge on any atom is -0.368 e. The molecule has 0 bridgehead atoms. The topological polar surface area (TPSA) is 87.0 Å². The Labute approximate surface area is 153 Å². The number of nitrogens with zero attached hydrogens (tertiary/aromatic N) is 5. The van der Waals surface area contributed by atoms with Gasteiger partial charge in [0.25, 0.3) is 0 Å². The molecule has 1 unspecified atom stereocenters. The fourth-order valence-electron chi connectivity index (χ4n) is 4.29. The van der Waals surface area contributed by atoms with E-state index in [-0.39, 0.29) is 11.4 Å². The standard InChI is InChI=1S/C17H18BrN7/c1-24-5-4-17(7-24)8-25(12-6-10(18)2-3-11(12)17)15-13-14(21-9-20-13)22-16(19)23-15/h2-3,6,9H,4-5,7-8H2,1H3,(H3,19,20,21,22,23). The lowest BCUT2D eigenvalue weighted by molar-refractivity contribution is 0.378. The first-order chi connectivity index (χ1) is 12.1. The van der Waals surface area contributed by atoms with E-state index in [0.717, 1.165) is 41.9 Å². The molecule has 1 atom stereocenters. The van der Waals surface area contributed by atoms with E-state index in [1.54, 1.807) is 6.33 Å². The van der Waals surface area contributed by atoms with Crippen molar-refractivity contribution in [3.05, 3.63) is 34.6 Å². The van der Waals surface area contributed by atoms with E-state index in [1.165, 1.54) is 11.3 Å². The number of aromatic nitrogens is 4. The van der Waals surface area contributed by atoms with E-state index >= 15 is 0 Å². The lowest BCUT2D eigenvalue weighted by atomic mass is 9.82. The van der Waals surface area contributed by atoms with Crippen LogP contribution in [-0.4, -0.2) is 51.5 Å². The van der Waals surface area contributed by atoms with Gasteiger partial charge in [-0.15, -0.1) is 0 Å². The van der Waals surface area contributed by atoms with Crippen molar-refractivity contribution in [1.82, 2.24) is 24.8 Å². The third-order valence-electron chi connectivity index (χ3n) is 5.36. The minimum atomic E-state index is 0.118. The van der Waals surface area contributed by atoms with Gasteiger partial charge in [-0.2, -0.15) is 9.97 Å². The zero-order chi connectivity index (χ0) is 17.2. The van der Waals surface area contributed by atoms with Gasteiger partial charge in [0.15, 0.2) is 17.0 Å². The summed E-state index contributed by atoms with van der Waals surface area (Å²) in [4.78, 5) is 20.9. The number of rotatable bonds is 1. The molecule has 2 aliphatic rings. The molecular formula is C17H18BrN7. The maximum atomic E-state index is 5.95. The molecule has 5 rings (SSSR count). The summed E-state index contributed by atoms with van der Waals surface area (Å²) in [5.41, 5.74) is 10.0.